The molecule has 0 spiro atoms. The van der Waals surface area contributed by atoms with Gasteiger partial charge in [-0.15, -0.1) is 12.4 Å². The first-order valence-corrected chi connectivity index (χ1v) is 9.25. The highest BCUT2D eigenvalue weighted by Crippen LogP contribution is 2.23. The third kappa shape index (κ3) is 4.00. The Balaban J connectivity index is 0.00000176. The van der Waals surface area contributed by atoms with Gasteiger partial charge in [-0.25, -0.2) is 13.1 Å². The number of fused-ring (bicyclic) bond motifs is 1. The molecule has 0 saturated carbocycles. The highest BCUT2D eigenvalue weighted by atomic mass is 79.9. The molecular weight excluding hydrogens is 388 g/mol. The molecule has 4 nitrogen and oxygen atoms in total. The van der Waals surface area contributed by atoms with Crippen LogP contribution in [0.15, 0.2) is 45.8 Å². The molecule has 0 aromatic heterocycles. The first-order chi connectivity index (χ1) is 10.0. The molecule has 1 heterocycles. The van der Waals surface area contributed by atoms with E-state index in [2.05, 4.69) is 26.0 Å². The van der Waals surface area contributed by atoms with Crippen LogP contribution >= 0.6 is 28.3 Å². The topological polar surface area (TPSA) is 58.2 Å². The van der Waals surface area contributed by atoms with Crippen molar-refractivity contribution in [2.75, 3.05) is 13.1 Å². The van der Waals surface area contributed by atoms with Crippen LogP contribution in [0.4, 0.5) is 0 Å². The molecule has 3 rings (SSSR count). The number of nitrogens with one attached hydrogen (secondary N) is 2. The van der Waals surface area contributed by atoms with Crippen molar-refractivity contribution in [3.63, 3.8) is 0 Å². The number of halogens is 2. The van der Waals surface area contributed by atoms with Crippen LogP contribution in [-0.2, 0) is 10.0 Å². The molecule has 120 valence electrons. The lowest BCUT2D eigenvalue weighted by atomic mass is 10.1. The fraction of sp³-hybridized carbons (Fsp3) is 0.333. The molecule has 1 fully saturated rings. The minimum Gasteiger partial charge on any atom is -0.317 e. The molecular formula is C15H18BrClN2O2S. The van der Waals surface area contributed by atoms with E-state index in [4.69, 9.17) is 0 Å². The van der Waals surface area contributed by atoms with Crippen molar-refractivity contribution >= 4 is 49.1 Å². The second-order valence-corrected chi connectivity index (χ2v) is 7.93. The molecule has 0 unspecified atom stereocenters. The zero-order valence-electron chi connectivity index (χ0n) is 11.9. The summed E-state index contributed by atoms with van der Waals surface area (Å²) in [6.45, 7) is 1.72. The van der Waals surface area contributed by atoms with Crippen molar-refractivity contribution in [2.24, 2.45) is 0 Å². The van der Waals surface area contributed by atoms with Crippen molar-refractivity contribution < 1.29 is 8.42 Å². The Bertz CT molecular complexity index is 761. The van der Waals surface area contributed by atoms with E-state index in [1.54, 1.807) is 12.1 Å². The van der Waals surface area contributed by atoms with Gasteiger partial charge in [-0.1, -0.05) is 28.1 Å². The third-order valence-corrected chi connectivity index (χ3v) is 5.76. The van der Waals surface area contributed by atoms with Crippen LogP contribution in [0.2, 0.25) is 0 Å². The fourth-order valence-corrected chi connectivity index (χ4v) is 4.31. The van der Waals surface area contributed by atoms with E-state index >= 15 is 0 Å². The van der Waals surface area contributed by atoms with Gasteiger partial charge in [0.15, 0.2) is 0 Å². The van der Waals surface area contributed by atoms with Crippen LogP contribution in [0.5, 0.6) is 0 Å². The maximum absolute atomic E-state index is 12.5. The Labute approximate surface area is 145 Å². The lowest BCUT2D eigenvalue weighted by Gasteiger charge is -2.23. The van der Waals surface area contributed by atoms with E-state index in [9.17, 15) is 8.42 Å². The molecule has 1 aliphatic heterocycles. The van der Waals surface area contributed by atoms with Crippen molar-refractivity contribution in [3.05, 3.63) is 40.9 Å². The number of piperidine rings is 1. The molecule has 2 N–H and O–H groups in total. The summed E-state index contributed by atoms with van der Waals surface area (Å²) in [5.74, 6) is 0. The summed E-state index contributed by atoms with van der Waals surface area (Å²) < 4.78 is 28.7. The summed E-state index contributed by atoms with van der Waals surface area (Å²) in [5, 5.41) is 5.17. The van der Waals surface area contributed by atoms with Gasteiger partial charge in [0.25, 0.3) is 0 Å². The van der Waals surface area contributed by atoms with Crippen LogP contribution in [0, 0.1) is 0 Å². The van der Waals surface area contributed by atoms with E-state index in [0.29, 0.717) is 4.90 Å². The number of hydrogen-bond donors (Lipinski definition) is 2. The zero-order chi connectivity index (χ0) is 14.9. The summed E-state index contributed by atoms with van der Waals surface area (Å²) in [6, 6.07) is 11.1. The zero-order valence-corrected chi connectivity index (χ0v) is 15.1. The summed E-state index contributed by atoms with van der Waals surface area (Å²) in [6.07, 6.45) is 1.67. The SMILES string of the molecule is Cl.O=S(=O)(NC1CCNCC1)c1ccc2cc(Br)ccc2c1. The number of rotatable bonds is 3. The molecule has 1 saturated heterocycles. The largest absolute Gasteiger partial charge is 0.317 e. The number of benzene rings is 2. The lowest BCUT2D eigenvalue weighted by molar-refractivity contribution is 0.427. The normalized spacial score (nSPS) is 16.4. The predicted octanol–water partition coefficient (Wildman–Crippen LogP) is 3.05. The molecule has 22 heavy (non-hydrogen) atoms. The Kier molecular flexibility index (Phi) is 5.85. The van der Waals surface area contributed by atoms with Gasteiger partial charge in [0.1, 0.15) is 0 Å². The second kappa shape index (κ2) is 7.27. The Morgan fingerprint density at radius 3 is 2.41 bits per heavy atom. The molecule has 2 aromatic carbocycles. The molecule has 0 atom stereocenters. The first kappa shape index (κ1) is 17.7. The van der Waals surface area contributed by atoms with Crippen LogP contribution in [0.3, 0.4) is 0 Å². The van der Waals surface area contributed by atoms with Gasteiger partial charge in [-0.2, -0.15) is 0 Å². The smallest absolute Gasteiger partial charge is 0.240 e. The van der Waals surface area contributed by atoms with E-state index in [-0.39, 0.29) is 18.4 Å². The van der Waals surface area contributed by atoms with Crippen molar-refractivity contribution in [1.82, 2.24) is 10.0 Å². The Morgan fingerprint density at radius 1 is 1.05 bits per heavy atom. The summed E-state index contributed by atoms with van der Waals surface area (Å²) in [4.78, 5) is 0.329. The number of sulfonamides is 1. The van der Waals surface area contributed by atoms with Crippen LogP contribution in [0.1, 0.15) is 12.8 Å². The Hall–Kier alpha value is -0.660. The monoisotopic (exact) mass is 404 g/mol. The maximum atomic E-state index is 12.5. The van der Waals surface area contributed by atoms with Gasteiger partial charge >= 0.3 is 0 Å². The average molecular weight is 406 g/mol. The van der Waals surface area contributed by atoms with Gasteiger partial charge in [0, 0.05) is 10.5 Å². The highest BCUT2D eigenvalue weighted by molar-refractivity contribution is 9.10. The molecule has 0 radical (unpaired) electrons. The number of hydrogen-bond acceptors (Lipinski definition) is 3. The predicted molar refractivity (Wildman–Crippen MR) is 95.1 cm³/mol. The van der Waals surface area contributed by atoms with Crippen LogP contribution in [0.25, 0.3) is 10.8 Å². The lowest BCUT2D eigenvalue weighted by Crippen LogP contribution is -2.42. The van der Waals surface area contributed by atoms with Gasteiger partial charge in [-0.05, 0) is 61.0 Å². The van der Waals surface area contributed by atoms with E-state index < -0.39 is 10.0 Å². The average Bonchev–Trinajstić information content (AvgIpc) is 2.47. The van der Waals surface area contributed by atoms with Crippen molar-refractivity contribution in [2.45, 2.75) is 23.8 Å². The maximum Gasteiger partial charge on any atom is 0.240 e. The molecule has 0 bridgehead atoms. The second-order valence-electron chi connectivity index (χ2n) is 5.30. The summed E-state index contributed by atoms with van der Waals surface area (Å²) in [5.41, 5.74) is 0. The van der Waals surface area contributed by atoms with Crippen molar-refractivity contribution in [1.29, 1.82) is 0 Å². The van der Waals surface area contributed by atoms with Gasteiger partial charge < -0.3 is 5.32 Å². The minimum atomic E-state index is -3.45. The van der Waals surface area contributed by atoms with E-state index in [1.165, 1.54) is 0 Å². The Morgan fingerprint density at radius 2 is 1.68 bits per heavy atom. The highest BCUT2D eigenvalue weighted by Gasteiger charge is 2.21. The summed E-state index contributed by atoms with van der Waals surface area (Å²) >= 11 is 3.42. The van der Waals surface area contributed by atoms with Gasteiger partial charge in [0.05, 0.1) is 4.90 Å². The molecule has 1 aliphatic rings. The van der Waals surface area contributed by atoms with Gasteiger partial charge in [-0.3, -0.25) is 0 Å². The van der Waals surface area contributed by atoms with E-state index in [1.807, 2.05) is 24.3 Å². The summed E-state index contributed by atoms with van der Waals surface area (Å²) in [7, 11) is -3.45. The van der Waals surface area contributed by atoms with Crippen molar-refractivity contribution in [3.8, 4) is 0 Å². The molecule has 0 amide bonds. The quantitative estimate of drug-likeness (QED) is 0.825. The molecule has 0 aliphatic carbocycles. The minimum absolute atomic E-state index is 0. The van der Waals surface area contributed by atoms with E-state index in [0.717, 1.165) is 41.2 Å². The van der Waals surface area contributed by atoms with Crippen LogP contribution < -0.4 is 10.0 Å². The van der Waals surface area contributed by atoms with Crippen LogP contribution in [-0.4, -0.2) is 27.5 Å². The standard InChI is InChI=1S/C15H17BrN2O2S.ClH/c16-13-3-1-12-10-15(4-2-11(12)9-13)21(19,20)18-14-5-7-17-8-6-14;/h1-4,9-10,14,17-18H,5-8H2;1H. The first-order valence-electron chi connectivity index (χ1n) is 6.97. The molecule has 7 heteroatoms. The third-order valence-electron chi connectivity index (χ3n) is 3.75. The molecule has 2 aromatic rings. The van der Waals surface area contributed by atoms with Gasteiger partial charge in [0.2, 0.25) is 10.0 Å². The fourth-order valence-electron chi connectivity index (χ4n) is 2.59.